The van der Waals surface area contributed by atoms with E-state index in [1.807, 2.05) is 21.1 Å². The van der Waals surface area contributed by atoms with Gasteiger partial charge in [-0.2, -0.15) is 0 Å². The lowest BCUT2D eigenvalue weighted by molar-refractivity contribution is -0.873. The quantitative estimate of drug-likeness (QED) is 0.455. The molecule has 0 saturated heterocycles. The highest BCUT2D eigenvalue weighted by molar-refractivity contribution is 5.66. The van der Waals surface area contributed by atoms with Crippen LogP contribution in [0.2, 0.25) is 0 Å². The number of carboxylic acids is 2. The van der Waals surface area contributed by atoms with E-state index in [-0.39, 0.29) is 6.42 Å². The summed E-state index contributed by atoms with van der Waals surface area (Å²) in [5.41, 5.74) is 0. The lowest BCUT2D eigenvalue weighted by Crippen LogP contribution is -2.43. The lowest BCUT2D eigenvalue weighted by Gasteiger charge is -2.26. The van der Waals surface area contributed by atoms with Crippen LogP contribution in [0.15, 0.2) is 0 Å². The van der Waals surface area contributed by atoms with Crippen LogP contribution in [0.4, 0.5) is 0 Å². The molecule has 0 rings (SSSR count). The molecule has 6 heteroatoms. The van der Waals surface area contributed by atoms with E-state index in [2.05, 4.69) is 6.92 Å². The van der Waals surface area contributed by atoms with E-state index >= 15 is 0 Å². The van der Waals surface area contributed by atoms with Crippen molar-refractivity contribution in [1.29, 1.82) is 0 Å². The Morgan fingerprint density at radius 1 is 1.10 bits per heavy atom. The van der Waals surface area contributed by atoms with Crippen LogP contribution in [0.5, 0.6) is 0 Å². The molecule has 0 fully saturated rings. The molecule has 0 radical (unpaired) electrons. The van der Waals surface area contributed by atoms with Crippen LogP contribution in [0.1, 0.15) is 51.9 Å². The molecule has 0 aliphatic rings. The average Bonchev–Trinajstić information content (AvgIpc) is 2.25. The maximum absolute atomic E-state index is 10.0. The highest BCUT2D eigenvalue weighted by Crippen LogP contribution is 2.04. The third-order valence-corrected chi connectivity index (χ3v) is 2.65. The molecular weight excluding hydrogens is 274 g/mol. The zero-order valence-electron chi connectivity index (χ0n) is 13.8. The van der Waals surface area contributed by atoms with Gasteiger partial charge in [0.05, 0.1) is 21.1 Å². The maximum atomic E-state index is 10.0. The molecule has 0 spiro atoms. The number of rotatable bonds is 10. The number of likely N-dealkylation sites (N-methyl/N-ethyl adjacent to an activating group) is 1. The van der Waals surface area contributed by atoms with Crippen LogP contribution in [0.3, 0.4) is 0 Å². The average molecular weight is 305 g/mol. The second-order valence-electron chi connectivity index (χ2n) is 6.26. The fourth-order valence-corrected chi connectivity index (χ4v) is 1.77. The molecule has 0 aromatic carbocycles. The number of hydrogen-bond donors (Lipinski definition) is 2. The molecule has 0 bridgehead atoms. The van der Waals surface area contributed by atoms with Gasteiger partial charge in [-0.25, -0.2) is 0 Å². The van der Waals surface area contributed by atoms with Gasteiger partial charge in [-0.05, 0) is 6.42 Å². The third-order valence-electron chi connectivity index (χ3n) is 2.65. The molecular formula is C15H31NO5. The van der Waals surface area contributed by atoms with E-state index in [1.54, 1.807) is 0 Å². The second kappa shape index (κ2) is 12.6. The van der Waals surface area contributed by atoms with Gasteiger partial charge in [-0.1, -0.05) is 32.6 Å². The zero-order chi connectivity index (χ0) is 16.9. The molecule has 6 nitrogen and oxygen atoms in total. The summed E-state index contributed by atoms with van der Waals surface area (Å²) in [6.07, 6.45) is 4.80. The topological polar surface area (TPSA) is 97.7 Å². The van der Waals surface area contributed by atoms with Crippen LogP contribution in [0, 0.1) is 0 Å². The number of carbonyl (C=O) groups is 2. The molecule has 0 aromatic rings. The normalized spacial score (nSPS) is 12.2. The van der Waals surface area contributed by atoms with E-state index in [1.165, 1.54) is 19.3 Å². The Balaban J connectivity index is 0. The maximum Gasteiger partial charge on any atom is 0.303 e. The van der Waals surface area contributed by atoms with E-state index in [9.17, 15) is 14.7 Å². The Morgan fingerprint density at radius 3 is 2.00 bits per heavy atom. The number of carboxylic acid groups (broad SMARTS) is 2. The van der Waals surface area contributed by atoms with Gasteiger partial charge in [-0.3, -0.25) is 4.79 Å². The van der Waals surface area contributed by atoms with Gasteiger partial charge in [0, 0.05) is 18.8 Å². The fraction of sp³-hybridized carbons (Fsp3) is 0.867. The Morgan fingerprint density at radius 2 is 1.62 bits per heavy atom. The van der Waals surface area contributed by atoms with Crippen LogP contribution in [0.25, 0.3) is 0 Å². The van der Waals surface area contributed by atoms with Gasteiger partial charge in [-0.15, -0.1) is 0 Å². The summed E-state index contributed by atoms with van der Waals surface area (Å²) in [7, 11) is 5.66. The minimum absolute atomic E-state index is 0.282. The molecule has 0 heterocycles. The first kappa shape index (κ1) is 22.1. The number of aliphatic hydroxyl groups excluding tert-OH is 1. The number of nitrogens with zero attached hydrogens (tertiary/aromatic N) is 1. The Bertz CT molecular complexity index is 286. The molecule has 1 atom stereocenters. The van der Waals surface area contributed by atoms with E-state index in [0.717, 1.165) is 12.8 Å². The number of aliphatic hydroxyl groups is 1. The third kappa shape index (κ3) is 24.3. The number of unbranched alkanes of at least 4 members (excludes halogenated alkanes) is 4. The Labute approximate surface area is 128 Å². The first-order valence-corrected chi connectivity index (χ1v) is 7.48. The number of aliphatic carboxylic acids is 2. The van der Waals surface area contributed by atoms with Gasteiger partial charge in [0.15, 0.2) is 0 Å². The predicted molar refractivity (Wildman–Crippen MR) is 79.5 cm³/mol. The van der Waals surface area contributed by atoms with E-state index in [4.69, 9.17) is 10.2 Å². The summed E-state index contributed by atoms with van der Waals surface area (Å²) >= 11 is 0. The fourth-order valence-electron chi connectivity index (χ4n) is 1.77. The summed E-state index contributed by atoms with van der Waals surface area (Å²) in [5, 5.41) is 27.4. The first-order valence-electron chi connectivity index (χ1n) is 7.48. The van der Waals surface area contributed by atoms with Crippen molar-refractivity contribution in [2.24, 2.45) is 0 Å². The van der Waals surface area contributed by atoms with Crippen molar-refractivity contribution in [1.82, 2.24) is 0 Å². The van der Waals surface area contributed by atoms with Crippen molar-refractivity contribution in [2.75, 3.05) is 27.7 Å². The first-order chi connectivity index (χ1) is 9.58. The Kier molecular flexibility index (Phi) is 13.3. The summed E-state index contributed by atoms with van der Waals surface area (Å²) in [4.78, 5) is 20.0. The van der Waals surface area contributed by atoms with Crippen LogP contribution in [-0.2, 0) is 9.59 Å². The molecule has 0 aliphatic carbocycles. The standard InChI is InChI=1S/C8H16O2.C7H15NO3/c1-2-3-4-5-6-7-8(9)10;1-8(2,3)5-6(9)4-7(10)11/h2-7H2,1H3,(H,9,10);6,9H,4-5H2,1-3H3. The van der Waals surface area contributed by atoms with E-state index in [0.29, 0.717) is 17.4 Å². The smallest absolute Gasteiger partial charge is 0.303 e. The molecule has 21 heavy (non-hydrogen) atoms. The van der Waals surface area contributed by atoms with E-state index < -0.39 is 18.0 Å². The molecule has 0 saturated carbocycles. The van der Waals surface area contributed by atoms with Crippen molar-refractivity contribution < 1.29 is 29.4 Å². The van der Waals surface area contributed by atoms with Crippen LogP contribution < -0.4 is 5.11 Å². The highest BCUT2D eigenvalue weighted by Gasteiger charge is 2.14. The zero-order valence-corrected chi connectivity index (χ0v) is 13.8. The molecule has 0 aliphatic heterocycles. The highest BCUT2D eigenvalue weighted by atomic mass is 16.4. The summed E-state index contributed by atoms with van der Waals surface area (Å²) in [6.45, 7) is 2.57. The Hall–Kier alpha value is -1.14. The van der Waals surface area contributed by atoms with Crippen molar-refractivity contribution in [3.05, 3.63) is 0 Å². The summed E-state index contributed by atoms with van der Waals surface area (Å²) < 4.78 is 0.550. The lowest BCUT2D eigenvalue weighted by atomic mass is 10.1. The van der Waals surface area contributed by atoms with Crippen molar-refractivity contribution >= 4 is 11.9 Å². The van der Waals surface area contributed by atoms with Gasteiger partial charge < -0.3 is 24.6 Å². The van der Waals surface area contributed by atoms with Crippen molar-refractivity contribution in [2.45, 2.75) is 58.0 Å². The van der Waals surface area contributed by atoms with Crippen molar-refractivity contribution in [3.8, 4) is 0 Å². The minimum atomic E-state index is -1.20. The SMILES string of the molecule is CCCCCCCC(=O)O.C[N+](C)(C)CC(O)CC(=O)[O-]. The van der Waals surface area contributed by atoms with Crippen molar-refractivity contribution in [3.63, 3.8) is 0 Å². The van der Waals surface area contributed by atoms with Gasteiger partial charge in [0.25, 0.3) is 0 Å². The number of carbonyl (C=O) groups excluding carboxylic acids is 1. The predicted octanol–water partition coefficient (Wildman–Crippen LogP) is 0.625. The number of hydrogen-bond acceptors (Lipinski definition) is 4. The monoisotopic (exact) mass is 305 g/mol. The largest absolute Gasteiger partial charge is 0.550 e. The van der Waals surface area contributed by atoms with Crippen LogP contribution >= 0.6 is 0 Å². The molecule has 126 valence electrons. The van der Waals surface area contributed by atoms with Gasteiger partial charge in [0.1, 0.15) is 12.6 Å². The molecule has 0 amide bonds. The second-order valence-corrected chi connectivity index (χ2v) is 6.26. The van der Waals surface area contributed by atoms with Gasteiger partial charge in [0.2, 0.25) is 0 Å². The molecule has 2 N–H and O–H groups in total. The molecule has 1 unspecified atom stereocenters. The van der Waals surface area contributed by atoms with Crippen LogP contribution in [-0.4, -0.2) is 60.4 Å². The molecule has 0 aromatic heterocycles. The van der Waals surface area contributed by atoms with Gasteiger partial charge >= 0.3 is 5.97 Å². The summed E-state index contributed by atoms with van der Waals surface area (Å²) in [5.74, 6) is -1.87. The number of quaternary nitrogens is 1. The minimum Gasteiger partial charge on any atom is -0.550 e. The summed E-state index contributed by atoms with van der Waals surface area (Å²) in [6, 6.07) is 0.